The molecule has 1 amide bonds. The van der Waals surface area contributed by atoms with Crippen molar-refractivity contribution in [2.45, 2.75) is 45.6 Å². The summed E-state index contributed by atoms with van der Waals surface area (Å²) in [6, 6.07) is 5.11. The zero-order valence-electron chi connectivity index (χ0n) is 15.9. The maximum atomic E-state index is 12.7. The van der Waals surface area contributed by atoms with E-state index in [9.17, 15) is 14.4 Å². The van der Waals surface area contributed by atoms with Crippen molar-refractivity contribution >= 4 is 41.0 Å². The zero-order chi connectivity index (χ0) is 21.3. The van der Waals surface area contributed by atoms with Gasteiger partial charge in [-0.25, -0.2) is 9.59 Å². The van der Waals surface area contributed by atoms with E-state index in [0.717, 1.165) is 0 Å². The highest BCUT2D eigenvalue weighted by molar-refractivity contribution is 6.42. The first-order valence-corrected chi connectivity index (χ1v) is 9.44. The molecule has 28 heavy (non-hydrogen) atoms. The van der Waals surface area contributed by atoms with Crippen LogP contribution >= 0.6 is 23.2 Å². The largest absolute Gasteiger partial charge is 0.464 e. The van der Waals surface area contributed by atoms with Crippen LogP contribution < -0.4 is 5.32 Å². The van der Waals surface area contributed by atoms with Crippen LogP contribution in [0.2, 0.25) is 10.0 Å². The Kier molecular flexibility index (Phi) is 9.23. The van der Waals surface area contributed by atoms with Crippen LogP contribution in [0.5, 0.6) is 0 Å². The highest BCUT2D eigenvalue weighted by Gasteiger charge is 2.50. The van der Waals surface area contributed by atoms with E-state index in [1.165, 1.54) is 13.0 Å². The third-order valence-electron chi connectivity index (χ3n) is 3.84. The number of hydrogen-bond acceptors (Lipinski definition) is 6. The number of nitrogens with one attached hydrogen (secondary N) is 1. The molecule has 0 aromatic heterocycles. The fourth-order valence-electron chi connectivity index (χ4n) is 2.69. The van der Waals surface area contributed by atoms with Crippen LogP contribution in [0, 0.1) is 11.3 Å². The molecule has 0 saturated carbocycles. The van der Waals surface area contributed by atoms with Crippen molar-refractivity contribution in [3.05, 3.63) is 33.3 Å². The molecular formula is C19H22Cl2N2O5. The van der Waals surface area contributed by atoms with Crippen LogP contribution in [0.1, 0.15) is 38.3 Å². The first-order chi connectivity index (χ1) is 13.2. The van der Waals surface area contributed by atoms with Crippen molar-refractivity contribution in [1.82, 2.24) is 5.32 Å². The van der Waals surface area contributed by atoms with Gasteiger partial charge in [-0.1, -0.05) is 23.2 Å². The maximum absolute atomic E-state index is 12.7. The first-order valence-electron chi connectivity index (χ1n) is 8.68. The normalized spacial score (nSPS) is 10.7. The summed E-state index contributed by atoms with van der Waals surface area (Å²) in [4.78, 5) is 37.3. The molecule has 9 heteroatoms. The minimum absolute atomic E-state index is 0.00222. The molecule has 0 bridgehead atoms. The van der Waals surface area contributed by atoms with Gasteiger partial charge in [0, 0.05) is 19.8 Å². The van der Waals surface area contributed by atoms with E-state index in [0.29, 0.717) is 17.5 Å². The number of carbonyl (C=O) groups excluding carboxylic acids is 3. The summed E-state index contributed by atoms with van der Waals surface area (Å²) in [5.41, 5.74) is -0.991. The van der Waals surface area contributed by atoms with Crippen LogP contribution in [0.25, 0.3) is 0 Å². The van der Waals surface area contributed by atoms with Gasteiger partial charge < -0.3 is 14.8 Å². The highest BCUT2D eigenvalue weighted by atomic mass is 35.5. The molecular weight excluding hydrogens is 407 g/mol. The van der Waals surface area contributed by atoms with Crippen molar-refractivity contribution in [3.8, 4) is 6.07 Å². The summed E-state index contributed by atoms with van der Waals surface area (Å²) in [5, 5.41) is 11.8. The van der Waals surface area contributed by atoms with E-state index in [4.69, 9.17) is 37.9 Å². The molecule has 1 N–H and O–H groups in total. The molecule has 0 fully saturated rings. The Balaban J connectivity index is 3.56. The number of rotatable bonds is 9. The standard InChI is InChI=1S/C19H22Cl2N2O5/c1-4-27-17(25)19(23-12(3)24,18(26)28-5-2)11-14-10-16(21)15(20)9-13(14)7-6-8-22/h9-10H,4-7,11H2,1-3H3,(H,23,24). The summed E-state index contributed by atoms with van der Waals surface area (Å²) in [7, 11) is 0. The fraction of sp³-hybridized carbons (Fsp3) is 0.474. The summed E-state index contributed by atoms with van der Waals surface area (Å²) < 4.78 is 10.1. The SMILES string of the molecule is CCOC(=O)C(Cc1cc(Cl)c(Cl)cc1CCC#N)(NC(C)=O)C(=O)OCC. The lowest BCUT2D eigenvalue weighted by Gasteiger charge is -2.30. The molecule has 0 atom stereocenters. The van der Waals surface area contributed by atoms with Gasteiger partial charge in [-0.2, -0.15) is 5.26 Å². The molecule has 0 heterocycles. The van der Waals surface area contributed by atoms with Crippen molar-refractivity contribution < 1.29 is 23.9 Å². The highest BCUT2D eigenvalue weighted by Crippen LogP contribution is 2.30. The summed E-state index contributed by atoms with van der Waals surface area (Å²) >= 11 is 12.2. The molecule has 0 aliphatic carbocycles. The second-order valence-corrected chi connectivity index (χ2v) is 6.71. The molecule has 1 rings (SSSR count). The molecule has 0 aliphatic rings. The lowest BCUT2D eigenvalue weighted by molar-refractivity contribution is -0.168. The quantitative estimate of drug-likeness (QED) is 0.478. The lowest BCUT2D eigenvalue weighted by Crippen LogP contribution is -2.62. The number of carbonyl (C=O) groups is 3. The van der Waals surface area contributed by atoms with E-state index in [-0.39, 0.29) is 36.1 Å². The van der Waals surface area contributed by atoms with E-state index in [1.54, 1.807) is 19.9 Å². The number of nitriles is 1. The van der Waals surface area contributed by atoms with Gasteiger partial charge in [0.2, 0.25) is 11.4 Å². The van der Waals surface area contributed by atoms with Gasteiger partial charge in [-0.15, -0.1) is 0 Å². The number of hydrogen-bond donors (Lipinski definition) is 1. The molecule has 1 aromatic carbocycles. The maximum Gasteiger partial charge on any atom is 0.344 e. The second-order valence-electron chi connectivity index (χ2n) is 5.90. The number of nitrogens with zero attached hydrogens (tertiary/aromatic N) is 1. The smallest absolute Gasteiger partial charge is 0.344 e. The molecule has 7 nitrogen and oxygen atoms in total. The average Bonchev–Trinajstić information content (AvgIpc) is 2.62. The van der Waals surface area contributed by atoms with Gasteiger partial charge in [0.25, 0.3) is 0 Å². The number of ether oxygens (including phenoxy) is 2. The number of benzene rings is 1. The Morgan fingerprint density at radius 1 is 1.07 bits per heavy atom. The predicted molar refractivity (Wildman–Crippen MR) is 104 cm³/mol. The predicted octanol–water partition coefficient (Wildman–Crippen LogP) is 2.99. The van der Waals surface area contributed by atoms with Gasteiger partial charge in [0.1, 0.15) is 0 Å². The van der Waals surface area contributed by atoms with Crippen LogP contribution in [0.3, 0.4) is 0 Å². The lowest BCUT2D eigenvalue weighted by atomic mass is 9.87. The van der Waals surface area contributed by atoms with E-state index >= 15 is 0 Å². The van der Waals surface area contributed by atoms with Crippen LogP contribution in [0.4, 0.5) is 0 Å². The number of halogens is 2. The van der Waals surface area contributed by atoms with E-state index in [1.807, 2.05) is 6.07 Å². The van der Waals surface area contributed by atoms with Gasteiger partial charge in [-0.3, -0.25) is 4.79 Å². The van der Waals surface area contributed by atoms with Gasteiger partial charge in [0.05, 0.1) is 29.3 Å². The Labute approximate surface area is 173 Å². The number of esters is 2. The monoisotopic (exact) mass is 428 g/mol. The average molecular weight is 429 g/mol. The van der Waals surface area contributed by atoms with Crippen molar-refractivity contribution in [1.29, 1.82) is 5.26 Å². The number of amides is 1. The topological polar surface area (TPSA) is 105 Å². The van der Waals surface area contributed by atoms with Gasteiger partial charge in [0.15, 0.2) is 0 Å². The van der Waals surface area contributed by atoms with E-state index < -0.39 is 23.4 Å². The fourth-order valence-corrected chi connectivity index (χ4v) is 3.06. The third-order valence-corrected chi connectivity index (χ3v) is 4.56. The minimum atomic E-state index is -2.09. The summed E-state index contributed by atoms with van der Waals surface area (Å²) in [5.74, 6) is -2.50. The van der Waals surface area contributed by atoms with Crippen molar-refractivity contribution in [2.24, 2.45) is 0 Å². The zero-order valence-corrected chi connectivity index (χ0v) is 17.4. The second kappa shape index (κ2) is 10.9. The van der Waals surface area contributed by atoms with Gasteiger partial charge >= 0.3 is 11.9 Å². The van der Waals surface area contributed by atoms with Crippen LogP contribution in [-0.2, 0) is 36.7 Å². The van der Waals surface area contributed by atoms with Crippen LogP contribution in [-0.4, -0.2) is 36.6 Å². The van der Waals surface area contributed by atoms with Crippen molar-refractivity contribution in [2.75, 3.05) is 13.2 Å². The Morgan fingerprint density at radius 2 is 1.57 bits per heavy atom. The molecule has 152 valence electrons. The molecule has 1 aromatic rings. The van der Waals surface area contributed by atoms with E-state index in [2.05, 4.69) is 5.32 Å². The molecule has 0 unspecified atom stereocenters. The van der Waals surface area contributed by atoms with Gasteiger partial charge in [-0.05, 0) is 43.5 Å². The molecule has 0 spiro atoms. The Morgan fingerprint density at radius 3 is 2.00 bits per heavy atom. The van der Waals surface area contributed by atoms with Crippen LogP contribution in [0.15, 0.2) is 12.1 Å². The number of aryl methyl sites for hydroxylation is 1. The van der Waals surface area contributed by atoms with Crippen molar-refractivity contribution in [3.63, 3.8) is 0 Å². The Hall–Kier alpha value is -2.30. The third kappa shape index (κ3) is 5.85. The summed E-state index contributed by atoms with van der Waals surface area (Å²) in [6.07, 6.45) is 0.253. The first kappa shape index (κ1) is 23.7. The molecule has 0 radical (unpaired) electrons. The summed E-state index contributed by atoms with van der Waals surface area (Å²) in [6.45, 7) is 4.35. The molecule has 0 aliphatic heterocycles. The minimum Gasteiger partial charge on any atom is -0.464 e. The Bertz CT molecular complexity index is 771. The molecule has 0 saturated heterocycles.